The highest BCUT2D eigenvalue weighted by Gasteiger charge is 2.28. The normalized spacial score (nSPS) is 12.8. The molecule has 0 aliphatic rings. The predicted molar refractivity (Wildman–Crippen MR) is 114 cm³/mol. The Morgan fingerprint density at radius 2 is 1.48 bits per heavy atom. The molecule has 6 nitrogen and oxygen atoms in total. The van der Waals surface area contributed by atoms with Gasteiger partial charge in [0.2, 0.25) is 6.79 Å². The second-order valence-corrected chi connectivity index (χ2v) is 9.17. The van der Waals surface area contributed by atoms with Crippen LogP contribution in [0.2, 0.25) is 0 Å². The minimum atomic E-state index is -0.821. The van der Waals surface area contributed by atoms with Gasteiger partial charge in [-0.1, -0.05) is 59.7 Å². The van der Waals surface area contributed by atoms with Crippen LogP contribution in [0.15, 0.2) is 18.2 Å². The summed E-state index contributed by atoms with van der Waals surface area (Å²) in [5, 5.41) is 2.59. The molecule has 1 aromatic carbocycles. The van der Waals surface area contributed by atoms with Gasteiger partial charge < -0.3 is 19.5 Å². The van der Waals surface area contributed by atoms with Crippen LogP contribution in [0, 0.1) is 5.92 Å². The summed E-state index contributed by atoms with van der Waals surface area (Å²) < 4.78 is 16.5. The van der Waals surface area contributed by atoms with Gasteiger partial charge in [-0.2, -0.15) is 0 Å². The molecule has 1 aromatic rings. The summed E-state index contributed by atoms with van der Waals surface area (Å²) in [6.45, 7) is 17.1. The molecule has 0 bridgehead atoms. The van der Waals surface area contributed by atoms with Gasteiger partial charge in [0.05, 0.1) is 0 Å². The average Bonchev–Trinajstić information content (AvgIpc) is 2.57. The molecule has 1 amide bonds. The fraction of sp³-hybridized carbons (Fsp3) is 0.652. The molecule has 0 aliphatic heterocycles. The summed E-state index contributed by atoms with van der Waals surface area (Å²) in [7, 11) is 0. The van der Waals surface area contributed by atoms with E-state index in [0.717, 1.165) is 16.9 Å². The molecule has 1 N–H and O–H groups in total. The highest BCUT2D eigenvalue weighted by molar-refractivity contribution is 5.81. The Kier molecular flexibility index (Phi) is 8.99. The van der Waals surface area contributed by atoms with Crippen molar-refractivity contribution in [3.05, 3.63) is 29.3 Å². The summed E-state index contributed by atoms with van der Waals surface area (Å²) >= 11 is 0. The molecule has 1 atom stereocenters. The SMILES string of the molecule is CC(C)c1cccc(C(C)C)c1OCOC(=O)[C@@H](NC(=O)OC(C)(C)C)C(C)C. The number of carbonyl (C=O) groups is 2. The first kappa shape index (κ1) is 24.8. The van der Waals surface area contributed by atoms with Crippen LogP contribution < -0.4 is 10.1 Å². The molecule has 0 fully saturated rings. The van der Waals surface area contributed by atoms with E-state index in [0.29, 0.717) is 0 Å². The van der Waals surface area contributed by atoms with E-state index in [4.69, 9.17) is 14.2 Å². The lowest BCUT2D eigenvalue weighted by Gasteiger charge is -2.25. The molecule has 1 rings (SSSR count). The Morgan fingerprint density at radius 1 is 0.966 bits per heavy atom. The van der Waals surface area contributed by atoms with E-state index in [1.807, 2.05) is 32.0 Å². The molecule has 0 aliphatic carbocycles. The molecule has 0 saturated carbocycles. The minimum Gasteiger partial charge on any atom is -0.457 e. The smallest absolute Gasteiger partial charge is 0.408 e. The van der Waals surface area contributed by atoms with Gasteiger partial charge in [0.15, 0.2) is 0 Å². The lowest BCUT2D eigenvalue weighted by atomic mass is 9.94. The molecule has 0 saturated heterocycles. The summed E-state index contributed by atoms with van der Waals surface area (Å²) in [6.07, 6.45) is -0.652. The summed E-state index contributed by atoms with van der Waals surface area (Å²) in [5.41, 5.74) is 1.49. The molecule has 0 unspecified atom stereocenters. The van der Waals surface area contributed by atoms with E-state index >= 15 is 0 Å². The quantitative estimate of drug-likeness (QED) is 0.464. The maximum absolute atomic E-state index is 12.5. The van der Waals surface area contributed by atoms with Crippen LogP contribution in [-0.4, -0.2) is 30.5 Å². The van der Waals surface area contributed by atoms with Crippen molar-refractivity contribution >= 4 is 12.1 Å². The van der Waals surface area contributed by atoms with Crippen LogP contribution in [0.25, 0.3) is 0 Å². The third-order valence-electron chi connectivity index (χ3n) is 4.32. The number of para-hydroxylation sites is 1. The molecule has 6 heteroatoms. The Morgan fingerprint density at radius 3 is 1.90 bits per heavy atom. The molecule has 0 aromatic heterocycles. The van der Waals surface area contributed by atoms with Gasteiger partial charge >= 0.3 is 12.1 Å². The molecule has 164 valence electrons. The van der Waals surface area contributed by atoms with Crippen molar-refractivity contribution in [3.8, 4) is 5.75 Å². The Hall–Kier alpha value is -2.24. The van der Waals surface area contributed by atoms with Gasteiger partial charge in [0.1, 0.15) is 17.4 Å². The van der Waals surface area contributed by atoms with Crippen molar-refractivity contribution in [2.75, 3.05) is 6.79 Å². The van der Waals surface area contributed by atoms with E-state index in [9.17, 15) is 9.59 Å². The van der Waals surface area contributed by atoms with Crippen molar-refractivity contribution < 1.29 is 23.8 Å². The number of ether oxygens (including phenoxy) is 3. The maximum Gasteiger partial charge on any atom is 0.408 e. The number of carbonyl (C=O) groups excluding carboxylic acids is 2. The Balaban J connectivity index is 2.82. The zero-order valence-corrected chi connectivity index (χ0v) is 19.3. The third-order valence-corrected chi connectivity index (χ3v) is 4.32. The molecular weight excluding hydrogens is 370 g/mol. The van der Waals surface area contributed by atoms with E-state index < -0.39 is 23.7 Å². The van der Waals surface area contributed by atoms with Crippen molar-refractivity contribution in [2.24, 2.45) is 5.92 Å². The first-order chi connectivity index (χ1) is 13.3. The van der Waals surface area contributed by atoms with Gasteiger partial charge in [-0.05, 0) is 49.7 Å². The largest absolute Gasteiger partial charge is 0.457 e. The maximum atomic E-state index is 12.5. The first-order valence-electron chi connectivity index (χ1n) is 10.2. The number of benzene rings is 1. The van der Waals surface area contributed by atoms with E-state index in [1.54, 1.807) is 20.8 Å². The van der Waals surface area contributed by atoms with E-state index in [-0.39, 0.29) is 24.5 Å². The number of amides is 1. The van der Waals surface area contributed by atoms with Crippen molar-refractivity contribution in [1.82, 2.24) is 5.32 Å². The van der Waals surface area contributed by atoms with Gasteiger partial charge in [-0.3, -0.25) is 0 Å². The molecule has 29 heavy (non-hydrogen) atoms. The molecule has 0 spiro atoms. The zero-order chi connectivity index (χ0) is 22.4. The standard InChI is InChI=1S/C23H37NO5/c1-14(2)17-11-10-12-18(15(3)4)20(17)27-13-28-21(25)19(16(5)6)24-22(26)29-23(7,8)9/h10-12,14-16,19H,13H2,1-9H3,(H,24,26)/t19-/m0/s1. The summed E-state index contributed by atoms with van der Waals surface area (Å²) in [4.78, 5) is 24.6. The summed E-state index contributed by atoms with van der Waals surface area (Å²) in [6, 6.07) is 5.24. The fourth-order valence-corrected chi connectivity index (χ4v) is 2.82. The van der Waals surface area contributed by atoms with Crippen molar-refractivity contribution in [1.29, 1.82) is 0 Å². The van der Waals surface area contributed by atoms with Gasteiger partial charge in [0.25, 0.3) is 0 Å². The monoisotopic (exact) mass is 407 g/mol. The summed E-state index contributed by atoms with van der Waals surface area (Å²) in [5.74, 6) is 0.586. The van der Waals surface area contributed by atoms with Crippen LogP contribution >= 0.6 is 0 Å². The van der Waals surface area contributed by atoms with E-state index in [2.05, 4.69) is 33.0 Å². The van der Waals surface area contributed by atoms with Crippen LogP contribution in [0.3, 0.4) is 0 Å². The zero-order valence-electron chi connectivity index (χ0n) is 19.3. The third kappa shape index (κ3) is 7.95. The Bertz CT molecular complexity index is 663. The van der Waals surface area contributed by atoms with Crippen LogP contribution in [0.4, 0.5) is 4.79 Å². The second kappa shape index (κ2) is 10.5. The number of esters is 1. The van der Waals surface area contributed by atoms with Crippen molar-refractivity contribution in [2.45, 2.75) is 85.8 Å². The number of rotatable bonds is 8. The minimum absolute atomic E-state index is 0.163. The Labute approximate surface area is 175 Å². The number of nitrogens with one attached hydrogen (secondary N) is 1. The van der Waals surface area contributed by atoms with Crippen LogP contribution in [-0.2, 0) is 14.3 Å². The lowest BCUT2D eigenvalue weighted by Crippen LogP contribution is -2.47. The number of alkyl carbamates (subject to hydrolysis) is 1. The van der Waals surface area contributed by atoms with Gasteiger partial charge in [0, 0.05) is 0 Å². The highest BCUT2D eigenvalue weighted by atomic mass is 16.7. The number of hydrogen-bond acceptors (Lipinski definition) is 5. The topological polar surface area (TPSA) is 73.9 Å². The second-order valence-electron chi connectivity index (χ2n) is 9.17. The number of hydrogen-bond donors (Lipinski definition) is 1. The average molecular weight is 408 g/mol. The lowest BCUT2D eigenvalue weighted by molar-refractivity contribution is -0.154. The van der Waals surface area contributed by atoms with Crippen molar-refractivity contribution in [3.63, 3.8) is 0 Å². The predicted octanol–water partition coefficient (Wildman–Crippen LogP) is 5.36. The fourth-order valence-electron chi connectivity index (χ4n) is 2.82. The van der Waals surface area contributed by atoms with Crippen LogP contribution in [0.1, 0.15) is 85.3 Å². The highest BCUT2D eigenvalue weighted by Crippen LogP contribution is 2.34. The molecule has 0 radical (unpaired) electrons. The van der Waals surface area contributed by atoms with Gasteiger partial charge in [-0.15, -0.1) is 0 Å². The van der Waals surface area contributed by atoms with E-state index in [1.165, 1.54) is 0 Å². The van der Waals surface area contributed by atoms with Crippen LogP contribution in [0.5, 0.6) is 5.75 Å². The molecular formula is C23H37NO5. The molecule has 0 heterocycles. The van der Waals surface area contributed by atoms with Gasteiger partial charge in [-0.25, -0.2) is 9.59 Å². The first-order valence-corrected chi connectivity index (χ1v) is 10.2.